The molecule has 6 aliphatic rings. The van der Waals surface area contributed by atoms with Crippen LogP contribution in [0.3, 0.4) is 0 Å². The number of aryl methyl sites for hydroxylation is 2. The molecule has 6 aliphatic heterocycles. The summed E-state index contributed by atoms with van der Waals surface area (Å²) in [6, 6.07) is 4.18. The Labute approximate surface area is 419 Å². The summed E-state index contributed by atoms with van der Waals surface area (Å²) in [7, 11) is 0. The van der Waals surface area contributed by atoms with Crippen LogP contribution in [0.5, 0.6) is 0 Å². The lowest BCUT2D eigenvalue weighted by Crippen LogP contribution is -2.51. The largest absolute Gasteiger partial charge is 0.404 e. The smallest absolute Gasteiger partial charge is 0.379 e. The lowest BCUT2D eigenvalue weighted by molar-refractivity contribution is -0.195. The number of halogens is 3. The van der Waals surface area contributed by atoms with Crippen LogP contribution in [0, 0.1) is 13.8 Å². The molecule has 3 unspecified atom stereocenters. The fourth-order valence-electron chi connectivity index (χ4n) is 10.6. The minimum atomic E-state index is -4.05. The van der Waals surface area contributed by atoms with Gasteiger partial charge in [0.25, 0.3) is 0 Å². The van der Waals surface area contributed by atoms with E-state index >= 15 is 0 Å². The molecule has 12 heteroatoms. The standard InChI is InChI=1S/C9H16F3N.C9H19N.C8H13NO.2C8H17N.C7H15NO.C7H15N/c1-7(2)13-6-4-3-5-8(13)9(10,11)12;1-8(2)10-7-5-4-6-9(10)3;1-5(2)8-6(3)9-10-7(8)4;1-7(2)9-6-4-5-8(9)3;1-8(2)9-6-4-3-5-7-9;1-7(2)8-3-5-9-6-4-8;1-7(2)8-5-3-4-6-8/h7-8H,3-6H2,1-2H3;8-9H,4-7H2,1-3H3;5H,1-4H3;7-8H,4-6H2,1-3H3;8H,3-7H2,1-2H3;7H,3-6H2,1-2H3;7H,3-6H2,1-2H3. The van der Waals surface area contributed by atoms with Gasteiger partial charge in [-0.3, -0.25) is 19.6 Å². The Kier molecular flexibility index (Phi) is 33.3. The Morgan fingerprint density at radius 2 is 0.824 bits per heavy atom. The molecule has 6 saturated heterocycles. The van der Waals surface area contributed by atoms with Gasteiger partial charge in [-0.2, -0.15) is 13.2 Å². The lowest BCUT2D eigenvalue weighted by atomic mass is 10.00. The van der Waals surface area contributed by atoms with Crippen molar-refractivity contribution in [1.82, 2.24) is 34.6 Å². The average molecular weight is 973 g/mol. The van der Waals surface area contributed by atoms with Crippen molar-refractivity contribution in [3.63, 3.8) is 0 Å². The third-order valence-electron chi connectivity index (χ3n) is 14.8. The van der Waals surface area contributed by atoms with E-state index in [1.54, 1.807) is 4.90 Å². The van der Waals surface area contributed by atoms with Crippen molar-refractivity contribution in [2.45, 2.75) is 275 Å². The van der Waals surface area contributed by atoms with Gasteiger partial charge in [-0.25, -0.2) is 0 Å². The molecule has 68 heavy (non-hydrogen) atoms. The normalized spacial score (nSPS) is 23.8. The summed E-state index contributed by atoms with van der Waals surface area (Å²) in [5, 5.41) is 3.86. The number of rotatable bonds is 7. The first-order valence-electron chi connectivity index (χ1n) is 28.0. The Morgan fingerprint density at radius 3 is 1.09 bits per heavy atom. The van der Waals surface area contributed by atoms with Gasteiger partial charge in [-0.05, 0) is 227 Å². The number of aromatic nitrogens is 1. The number of hydrogen-bond donors (Lipinski definition) is 0. The predicted octanol–water partition coefficient (Wildman–Crippen LogP) is 13.5. The van der Waals surface area contributed by atoms with Gasteiger partial charge in [0, 0.05) is 67.0 Å². The number of ether oxygens (including phenoxy) is 1. The van der Waals surface area contributed by atoms with Crippen LogP contribution in [0.4, 0.5) is 13.2 Å². The first-order valence-corrected chi connectivity index (χ1v) is 28.0. The molecular formula is C56H112F3N7O2. The molecule has 1 aromatic heterocycles. The maximum Gasteiger partial charge on any atom is 0.404 e. The van der Waals surface area contributed by atoms with E-state index in [1.165, 1.54) is 109 Å². The van der Waals surface area contributed by atoms with E-state index < -0.39 is 12.2 Å². The summed E-state index contributed by atoms with van der Waals surface area (Å²) in [4.78, 5) is 14.2. The lowest BCUT2D eigenvalue weighted by Gasteiger charge is -2.39. The van der Waals surface area contributed by atoms with Gasteiger partial charge >= 0.3 is 6.18 Å². The van der Waals surface area contributed by atoms with Crippen molar-refractivity contribution in [1.29, 1.82) is 0 Å². The van der Waals surface area contributed by atoms with E-state index in [9.17, 15) is 13.2 Å². The van der Waals surface area contributed by atoms with Crippen molar-refractivity contribution >= 4 is 0 Å². The third-order valence-corrected chi connectivity index (χ3v) is 14.8. The second-order valence-corrected chi connectivity index (χ2v) is 22.5. The molecule has 0 aliphatic carbocycles. The van der Waals surface area contributed by atoms with E-state index in [-0.39, 0.29) is 12.5 Å². The van der Waals surface area contributed by atoms with Crippen LogP contribution < -0.4 is 0 Å². The summed E-state index contributed by atoms with van der Waals surface area (Å²) >= 11 is 0. The van der Waals surface area contributed by atoms with E-state index in [0.29, 0.717) is 24.9 Å². The van der Waals surface area contributed by atoms with Crippen LogP contribution in [-0.4, -0.2) is 167 Å². The Hall–Kier alpha value is -1.28. The molecule has 404 valence electrons. The van der Waals surface area contributed by atoms with E-state index in [4.69, 9.17) is 9.26 Å². The monoisotopic (exact) mass is 972 g/mol. The molecule has 3 atom stereocenters. The predicted molar refractivity (Wildman–Crippen MR) is 285 cm³/mol. The third kappa shape index (κ3) is 25.9. The highest BCUT2D eigenvalue weighted by Gasteiger charge is 2.45. The Balaban J connectivity index is 0.000000399. The first-order chi connectivity index (χ1) is 31.9. The number of morpholine rings is 1. The molecule has 1 aromatic rings. The quantitative estimate of drug-likeness (QED) is 0.266. The maximum atomic E-state index is 12.5. The van der Waals surface area contributed by atoms with Crippen molar-refractivity contribution in [3.05, 3.63) is 17.0 Å². The molecule has 0 N–H and O–H groups in total. The summed E-state index contributed by atoms with van der Waals surface area (Å²) in [6.07, 6.45) is 12.0. The van der Waals surface area contributed by atoms with Gasteiger partial charge in [0.15, 0.2) is 0 Å². The van der Waals surface area contributed by atoms with E-state index in [2.05, 4.69) is 127 Å². The molecule has 6 fully saturated rings. The zero-order chi connectivity index (χ0) is 51.6. The number of nitrogens with zero attached hydrogens (tertiary/aromatic N) is 7. The zero-order valence-corrected chi connectivity index (χ0v) is 47.8. The van der Waals surface area contributed by atoms with Crippen molar-refractivity contribution in [2.75, 3.05) is 72.1 Å². The summed E-state index contributed by atoms with van der Waals surface area (Å²) in [6.45, 7) is 51.8. The second-order valence-electron chi connectivity index (χ2n) is 22.5. The van der Waals surface area contributed by atoms with Crippen LogP contribution in [0.2, 0.25) is 0 Å². The molecule has 0 spiro atoms. The molecule has 9 nitrogen and oxygen atoms in total. The average Bonchev–Trinajstić information content (AvgIpc) is 4.07. The van der Waals surface area contributed by atoms with Crippen molar-refractivity contribution in [3.8, 4) is 0 Å². The summed E-state index contributed by atoms with van der Waals surface area (Å²) < 4.78 is 47.7. The van der Waals surface area contributed by atoms with Crippen molar-refractivity contribution < 1.29 is 22.4 Å². The molecular weight excluding hydrogens is 860 g/mol. The van der Waals surface area contributed by atoms with Crippen molar-refractivity contribution in [2.24, 2.45) is 0 Å². The Morgan fingerprint density at radius 1 is 0.456 bits per heavy atom. The highest BCUT2D eigenvalue weighted by Crippen LogP contribution is 2.33. The molecule has 7 rings (SSSR count). The number of piperidine rings is 3. The highest BCUT2D eigenvalue weighted by atomic mass is 19.4. The minimum absolute atomic E-state index is 0.00748. The second kappa shape index (κ2) is 35.0. The van der Waals surface area contributed by atoms with Crippen LogP contribution in [0.1, 0.15) is 217 Å². The van der Waals surface area contributed by atoms with Crippen LogP contribution in [-0.2, 0) is 4.74 Å². The topological polar surface area (TPSA) is 54.7 Å². The number of hydrogen-bond acceptors (Lipinski definition) is 9. The van der Waals surface area contributed by atoms with Crippen LogP contribution >= 0.6 is 0 Å². The summed E-state index contributed by atoms with van der Waals surface area (Å²) in [5.41, 5.74) is 2.27. The SMILES string of the molecule is CC(C)N1CCCC1.CC(C)N1CCCC1C.CC(C)N1CCCCC1.CC(C)N1CCCCC1C.CC(C)N1CCCCC1C(F)(F)F.CC(C)N1CCOCC1.Cc1noc(C)c1C(C)C. The fraction of sp³-hybridized carbons (Fsp3) is 0.946. The van der Waals surface area contributed by atoms with E-state index in [0.717, 1.165) is 80.4 Å². The molecule has 0 amide bonds. The molecule has 0 saturated carbocycles. The Bertz CT molecular complexity index is 1310. The zero-order valence-electron chi connectivity index (χ0n) is 47.8. The van der Waals surface area contributed by atoms with Gasteiger partial charge in [0.05, 0.1) is 18.9 Å². The fourth-order valence-corrected chi connectivity index (χ4v) is 10.6. The maximum absolute atomic E-state index is 12.5. The van der Waals surface area contributed by atoms with E-state index in [1.807, 2.05) is 27.7 Å². The van der Waals surface area contributed by atoms with Crippen LogP contribution in [0.15, 0.2) is 4.52 Å². The molecule has 0 bridgehead atoms. The molecule has 7 heterocycles. The summed E-state index contributed by atoms with van der Waals surface area (Å²) in [5.74, 6) is 1.47. The highest BCUT2D eigenvalue weighted by molar-refractivity contribution is 5.23. The minimum Gasteiger partial charge on any atom is -0.379 e. The van der Waals surface area contributed by atoms with Gasteiger partial charge in [0.2, 0.25) is 0 Å². The van der Waals surface area contributed by atoms with Gasteiger partial charge < -0.3 is 19.1 Å². The number of alkyl halides is 3. The van der Waals surface area contributed by atoms with Gasteiger partial charge in [0.1, 0.15) is 11.8 Å². The first kappa shape index (κ1) is 64.7. The number of likely N-dealkylation sites (tertiary alicyclic amines) is 5. The van der Waals surface area contributed by atoms with Gasteiger partial charge in [-0.1, -0.05) is 38.3 Å². The molecule has 0 radical (unpaired) electrons. The van der Waals surface area contributed by atoms with Crippen LogP contribution in [0.25, 0.3) is 0 Å². The van der Waals surface area contributed by atoms with Gasteiger partial charge in [-0.15, -0.1) is 0 Å². The molecule has 0 aromatic carbocycles.